The predicted octanol–water partition coefficient (Wildman–Crippen LogP) is 0.930. The summed E-state index contributed by atoms with van der Waals surface area (Å²) >= 11 is 0. The van der Waals surface area contributed by atoms with Crippen LogP contribution in [0.15, 0.2) is 23.5 Å². The van der Waals surface area contributed by atoms with Crippen molar-refractivity contribution < 1.29 is 0 Å². The van der Waals surface area contributed by atoms with Gasteiger partial charge >= 0.3 is 0 Å². The summed E-state index contributed by atoms with van der Waals surface area (Å²) in [6, 6.07) is 3.01. The van der Waals surface area contributed by atoms with Gasteiger partial charge in [-0.1, -0.05) is 6.42 Å². The average molecular weight is 343 g/mol. The highest BCUT2D eigenvalue weighted by atomic mass is 15.4. The number of aromatic nitrogens is 2. The third kappa shape index (κ3) is 3.86. The SMILES string of the molecule is NC(=NC1CC(N2CCCCC2)C1)N1CCN(c2ncccn2)CC1. The number of nitrogens with zero attached hydrogens (tertiary/aromatic N) is 6. The van der Waals surface area contributed by atoms with Crippen LogP contribution in [-0.2, 0) is 0 Å². The summed E-state index contributed by atoms with van der Waals surface area (Å²) in [6.07, 6.45) is 10.1. The van der Waals surface area contributed by atoms with Gasteiger partial charge in [0.05, 0.1) is 6.04 Å². The van der Waals surface area contributed by atoms with E-state index in [-0.39, 0.29) is 0 Å². The van der Waals surface area contributed by atoms with Gasteiger partial charge in [-0.3, -0.25) is 0 Å². The molecule has 1 saturated carbocycles. The highest BCUT2D eigenvalue weighted by Crippen LogP contribution is 2.30. The van der Waals surface area contributed by atoms with Crippen molar-refractivity contribution in [3.8, 4) is 0 Å². The van der Waals surface area contributed by atoms with E-state index < -0.39 is 0 Å². The molecule has 7 nitrogen and oxygen atoms in total. The van der Waals surface area contributed by atoms with Crippen molar-refractivity contribution in [2.24, 2.45) is 10.7 Å². The van der Waals surface area contributed by atoms with Crippen LogP contribution in [0.1, 0.15) is 32.1 Å². The molecule has 0 bridgehead atoms. The third-order valence-electron chi connectivity index (χ3n) is 5.75. The summed E-state index contributed by atoms with van der Waals surface area (Å²) in [5, 5.41) is 0. The monoisotopic (exact) mass is 343 g/mol. The number of rotatable bonds is 3. The van der Waals surface area contributed by atoms with E-state index in [0.29, 0.717) is 6.04 Å². The zero-order chi connectivity index (χ0) is 17.1. The van der Waals surface area contributed by atoms with Crippen LogP contribution in [0.5, 0.6) is 0 Å². The molecule has 0 atom stereocenters. The molecule has 1 aromatic rings. The Morgan fingerprint density at radius 3 is 2.32 bits per heavy atom. The molecular weight excluding hydrogens is 314 g/mol. The van der Waals surface area contributed by atoms with Crippen LogP contribution in [0.4, 0.5) is 5.95 Å². The number of hydrogen-bond donors (Lipinski definition) is 1. The van der Waals surface area contributed by atoms with Crippen molar-refractivity contribution in [3.63, 3.8) is 0 Å². The van der Waals surface area contributed by atoms with Gasteiger partial charge < -0.3 is 20.4 Å². The van der Waals surface area contributed by atoms with E-state index in [9.17, 15) is 0 Å². The lowest BCUT2D eigenvalue weighted by molar-refractivity contribution is 0.0908. The quantitative estimate of drug-likeness (QED) is 0.650. The molecular formula is C18H29N7. The summed E-state index contributed by atoms with van der Waals surface area (Å²) in [5.41, 5.74) is 6.28. The molecule has 3 aliphatic rings. The lowest BCUT2D eigenvalue weighted by Crippen LogP contribution is -2.53. The fourth-order valence-corrected chi connectivity index (χ4v) is 4.10. The lowest BCUT2D eigenvalue weighted by atomic mass is 9.85. The Hall–Kier alpha value is -1.89. The van der Waals surface area contributed by atoms with Gasteiger partial charge in [-0.05, 0) is 44.8 Å². The molecule has 1 aliphatic carbocycles. The van der Waals surface area contributed by atoms with Gasteiger partial charge in [-0.15, -0.1) is 0 Å². The van der Waals surface area contributed by atoms with Gasteiger partial charge in [0.15, 0.2) is 5.96 Å². The normalized spacial score (nSPS) is 28.7. The van der Waals surface area contributed by atoms with Crippen LogP contribution >= 0.6 is 0 Å². The minimum absolute atomic E-state index is 0.419. The van der Waals surface area contributed by atoms with E-state index in [4.69, 9.17) is 10.7 Å². The molecule has 7 heteroatoms. The van der Waals surface area contributed by atoms with Crippen molar-refractivity contribution in [1.29, 1.82) is 0 Å². The van der Waals surface area contributed by atoms with E-state index in [2.05, 4.69) is 24.7 Å². The molecule has 2 N–H and O–H groups in total. The third-order valence-corrected chi connectivity index (χ3v) is 5.75. The zero-order valence-electron chi connectivity index (χ0n) is 14.9. The van der Waals surface area contributed by atoms with E-state index in [0.717, 1.165) is 44.1 Å². The molecule has 2 aliphatic heterocycles. The number of piperidine rings is 1. The predicted molar refractivity (Wildman–Crippen MR) is 99.7 cm³/mol. The van der Waals surface area contributed by atoms with Crippen molar-refractivity contribution in [2.75, 3.05) is 44.2 Å². The minimum atomic E-state index is 0.419. The largest absolute Gasteiger partial charge is 0.370 e. The van der Waals surface area contributed by atoms with E-state index >= 15 is 0 Å². The van der Waals surface area contributed by atoms with Crippen molar-refractivity contribution >= 4 is 11.9 Å². The Labute approximate surface area is 149 Å². The standard InChI is InChI=1S/C18H29N7/c19-17(22-15-13-16(14-15)23-7-2-1-3-8-23)24-9-11-25(12-10-24)18-20-5-4-6-21-18/h4-6,15-16H,1-3,7-14H2,(H2,19,22). The van der Waals surface area contributed by atoms with Crippen LogP contribution in [0.2, 0.25) is 0 Å². The van der Waals surface area contributed by atoms with Gasteiger partial charge in [0.25, 0.3) is 0 Å². The van der Waals surface area contributed by atoms with E-state index in [1.54, 1.807) is 12.4 Å². The Morgan fingerprint density at radius 1 is 0.960 bits per heavy atom. The fraction of sp³-hybridized carbons (Fsp3) is 0.722. The molecule has 3 fully saturated rings. The summed E-state index contributed by atoms with van der Waals surface area (Å²) in [6.45, 7) is 6.11. The number of piperazine rings is 1. The molecule has 0 spiro atoms. The Balaban J connectivity index is 1.24. The molecule has 2 saturated heterocycles. The number of aliphatic imine (C=N–C) groups is 1. The van der Waals surface area contributed by atoms with Crippen LogP contribution in [0.3, 0.4) is 0 Å². The van der Waals surface area contributed by atoms with Gasteiger partial charge in [-0.2, -0.15) is 0 Å². The summed E-state index contributed by atoms with van der Waals surface area (Å²) in [5.74, 6) is 1.52. The van der Waals surface area contributed by atoms with Gasteiger partial charge in [-0.25, -0.2) is 15.0 Å². The minimum Gasteiger partial charge on any atom is -0.370 e. The fourth-order valence-electron chi connectivity index (χ4n) is 4.10. The topological polar surface area (TPSA) is 73.9 Å². The molecule has 136 valence electrons. The highest BCUT2D eigenvalue weighted by molar-refractivity contribution is 5.78. The smallest absolute Gasteiger partial charge is 0.225 e. The van der Waals surface area contributed by atoms with E-state index in [1.165, 1.54) is 45.2 Å². The molecule has 0 aromatic carbocycles. The van der Waals surface area contributed by atoms with Crippen LogP contribution in [0, 0.1) is 0 Å². The first-order valence-corrected chi connectivity index (χ1v) is 9.64. The second-order valence-corrected chi connectivity index (χ2v) is 7.39. The average Bonchev–Trinajstić information content (AvgIpc) is 2.66. The molecule has 1 aromatic heterocycles. The second kappa shape index (κ2) is 7.56. The maximum Gasteiger partial charge on any atom is 0.225 e. The highest BCUT2D eigenvalue weighted by Gasteiger charge is 2.34. The summed E-state index contributed by atoms with van der Waals surface area (Å²) < 4.78 is 0. The maximum atomic E-state index is 6.28. The summed E-state index contributed by atoms with van der Waals surface area (Å²) in [4.78, 5) is 20.5. The van der Waals surface area contributed by atoms with Crippen molar-refractivity contribution in [3.05, 3.63) is 18.5 Å². The number of guanidine groups is 1. The molecule has 3 heterocycles. The first-order valence-electron chi connectivity index (χ1n) is 9.64. The maximum absolute atomic E-state index is 6.28. The number of likely N-dealkylation sites (tertiary alicyclic amines) is 1. The van der Waals surface area contributed by atoms with Crippen LogP contribution in [-0.4, -0.2) is 77.1 Å². The Kier molecular flexibility index (Phi) is 5.01. The zero-order valence-corrected chi connectivity index (χ0v) is 14.9. The number of anilines is 1. The Morgan fingerprint density at radius 2 is 1.64 bits per heavy atom. The van der Waals surface area contributed by atoms with Gasteiger partial charge in [0, 0.05) is 44.6 Å². The van der Waals surface area contributed by atoms with Crippen LogP contribution in [0.25, 0.3) is 0 Å². The lowest BCUT2D eigenvalue weighted by Gasteiger charge is -2.43. The first kappa shape index (κ1) is 16.6. The van der Waals surface area contributed by atoms with Crippen molar-refractivity contribution in [1.82, 2.24) is 19.8 Å². The number of hydrogen-bond acceptors (Lipinski definition) is 5. The summed E-state index contributed by atoms with van der Waals surface area (Å²) in [7, 11) is 0. The molecule has 0 amide bonds. The molecule has 25 heavy (non-hydrogen) atoms. The van der Waals surface area contributed by atoms with Gasteiger partial charge in [0.1, 0.15) is 0 Å². The van der Waals surface area contributed by atoms with Crippen LogP contribution < -0.4 is 10.6 Å². The molecule has 4 rings (SSSR count). The first-order chi connectivity index (χ1) is 12.3. The van der Waals surface area contributed by atoms with Gasteiger partial charge in [0.2, 0.25) is 5.95 Å². The molecule has 0 radical (unpaired) electrons. The second-order valence-electron chi connectivity index (χ2n) is 7.39. The molecule has 0 unspecified atom stereocenters. The van der Waals surface area contributed by atoms with E-state index in [1.807, 2.05) is 6.07 Å². The van der Waals surface area contributed by atoms with Crippen molar-refractivity contribution in [2.45, 2.75) is 44.2 Å². The Bertz CT molecular complexity index is 570. The number of nitrogens with two attached hydrogens (primary N) is 1.